The Morgan fingerprint density at radius 1 is 1.10 bits per heavy atom. The van der Waals surface area contributed by atoms with E-state index in [0.717, 1.165) is 24.1 Å². The molecule has 0 amide bonds. The molecule has 0 saturated carbocycles. The summed E-state index contributed by atoms with van der Waals surface area (Å²) in [5, 5.41) is 0. The van der Waals surface area contributed by atoms with Crippen LogP contribution in [0.4, 0.5) is 0 Å². The Kier molecular flexibility index (Phi) is 5.24. The number of hydrogen-bond donors (Lipinski definition) is 0. The van der Waals surface area contributed by atoms with E-state index in [2.05, 4.69) is 45.0 Å². The van der Waals surface area contributed by atoms with Crippen LogP contribution in [0.3, 0.4) is 0 Å². The van der Waals surface area contributed by atoms with Crippen LogP contribution in [0.2, 0.25) is 0 Å². The van der Waals surface area contributed by atoms with Gasteiger partial charge in [-0.05, 0) is 37.0 Å². The van der Waals surface area contributed by atoms with Crippen LogP contribution >= 0.6 is 11.6 Å². The molecule has 1 atom stereocenters. The number of rotatable bonds is 5. The number of aryl methyl sites for hydroxylation is 1. The van der Waals surface area contributed by atoms with E-state index in [1.54, 1.807) is 0 Å². The lowest BCUT2D eigenvalue weighted by Gasteiger charge is -2.20. The van der Waals surface area contributed by atoms with Crippen LogP contribution in [0.15, 0.2) is 41.2 Å². The Balaban J connectivity index is 2.61. The first-order chi connectivity index (χ1) is 10.1. The van der Waals surface area contributed by atoms with Crippen molar-refractivity contribution in [2.75, 3.05) is 0 Å². The number of nitrogens with zero attached hydrogens (tertiary/aromatic N) is 1. The lowest BCUT2D eigenvalue weighted by atomic mass is 10.0. The third kappa shape index (κ3) is 3.21. The largest absolute Gasteiger partial charge is 0.305 e. The Hall–Kier alpha value is -1.54. The summed E-state index contributed by atoms with van der Waals surface area (Å²) < 4.78 is 1.87. The van der Waals surface area contributed by atoms with Gasteiger partial charge in [0.05, 0.1) is 11.6 Å². The molecule has 0 aliphatic heterocycles. The zero-order valence-corrected chi connectivity index (χ0v) is 13.7. The monoisotopic (exact) mass is 303 g/mol. The molecule has 1 unspecified atom stereocenters. The predicted octanol–water partition coefficient (Wildman–Crippen LogP) is 4.79. The molecule has 0 spiro atoms. The van der Waals surface area contributed by atoms with Crippen molar-refractivity contribution in [1.29, 1.82) is 0 Å². The third-order valence-corrected chi connectivity index (χ3v) is 4.32. The molecule has 2 nitrogen and oxygen atoms in total. The quantitative estimate of drug-likeness (QED) is 0.728. The van der Waals surface area contributed by atoms with Crippen molar-refractivity contribution in [3.8, 4) is 11.3 Å². The van der Waals surface area contributed by atoms with Gasteiger partial charge in [-0.1, -0.05) is 44.2 Å². The first kappa shape index (κ1) is 15.8. The highest BCUT2D eigenvalue weighted by Crippen LogP contribution is 2.23. The van der Waals surface area contributed by atoms with Crippen molar-refractivity contribution >= 4 is 11.6 Å². The minimum atomic E-state index is 0.0245. The molecule has 0 fully saturated rings. The second-order valence-corrected chi connectivity index (χ2v) is 5.63. The van der Waals surface area contributed by atoms with Crippen molar-refractivity contribution in [2.45, 2.75) is 45.5 Å². The highest BCUT2D eigenvalue weighted by Gasteiger charge is 2.14. The maximum Gasteiger partial charge on any atom is 0.255 e. The van der Waals surface area contributed by atoms with Crippen LogP contribution in [0, 0.1) is 0 Å². The number of aromatic nitrogens is 1. The molecule has 112 valence electrons. The molecule has 3 heteroatoms. The highest BCUT2D eigenvalue weighted by molar-refractivity contribution is 6.17. The van der Waals surface area contributed by atoms with E-state index in [1.165, 1.54) is 5.56 Å². The lowest BCUT2D eigenvalue weighted by molar-refractivity contribution is 0.517. The zero-order chi connectivity index (χ0) is 15.4. The summed E-state index contributed by atoms with van der Waals surface area (Å²) in [5.41, 5.74) is 4.02. The maximum atomic E-state index is 12.6. The van der Waals surface area contributed by atoms with E-state index >= 15 is 0 Å². The number of benzene rings is 1. The minimum Gasteiger partial charge on any atom is -0.305 e. The number of pyridine rings is 1. The van der Waals surface area contributed by atoms with Crippen LogP contribution < -0.4 is 5.56 Å². The second-order valence-electron chi connectivity index (χ2n) is 5.36. The van der Waals surface area contributed by atoms with Crippen molar-refractivity contribution in [1.82, 2.24) is 4.57 Å². The predicted molar refractivity (Wildman–Crippen MR) is 90.1 cm³/mol. The van der Waals surface area contributed by atoms with Gasteiger partial charge in [0.1, 0.15) is 0 Å². The summed E-state index contributed by atoms with van der Waals surface area (Å²) in [4.78, 5) is 12.6. The zero-order valence-electron chi connectivity index (χ0n) is 12.9. The average Bonchev–Trinajstić information content (AvgIpc) is 2.54. The van der Waals surface area contributed by atoms with Gasteiger partial charge in [-0.15, -0.1) is 11.6 Å². The van der Waals surface area contributed by atoms with Crippen LogP contribution in [0.5, 0.6) is 0 Å². The van der Waals surface area contributed by atoms with Crippen molar-refractivity contribution in [3.63, 3.8) is 0 Å². The smallest absolute Gasteiger partial charge is 0.255 e. The fraction of sp³-hybridized carbons (Fsp3) is 0.389. The summed E-state index contributed by atoms with van der Waals surface area (Å²) in [6.45, 7) is 6.30. The van der Waals surface area contributed by atoms with Crippen LogP contribution in [0.1, 0.15) is 44.4 Å². The van der Waals surface area contributed by atoms with Gasteiger partial charge in [0.25, 0.3) is 5.56 Å². The molecule has 1 heterocycles. The molecule has 0 radical (unpaired) electrons. The second kappa shape index (κ2) is 6.95. The maximum absolute atomic E-state index is 12.6. The standard InChI is InChI=1S/C18H22ClNO/c1-4-13(3)20-17(11-10-16(12-19)18(20)21)15-8-6-14(5-2)7-9-15/h6-11,13H,4-5,12H2,1-3H3. The highest BCUT2D eigenvalue weighted by atomic mass is 35.5. The van der Waals surface area contributed by atoms with Crippen molar-refractivity contribution < 1.29 is 0 Å². The van der Waals surface area contributed by atoms with E-state index in [4.69, 9.17) is 11.6 Å². The topological polar surface area (TPSA) is 22.0 Å². The molecule has 2 rings (SSSR count). The fourth-order valence-corrected chi connectivity index (χ4v) is 2.67. The van der Waals surface area contributed by atoms with Crippen molar-refractivity contribution in [3.05, 3.63) is 57.9 Å². The van der Waals surface area contributed by atoms with Gasteiger partial charge in [-0.25, -0.2) is 0 Å². The van der Waals surface area contributed by atoms with Gasteiger partial charge in [0.15, 0.2) is 0 Å². The Labute approximate surface area is 131 Å². The molecular weight excluding hydrogens is 282 g/mol. The Bertz CT molecular complexity index is 658. The summed E-state index contributed by atoms with van der Waals surface area (Å²) in [7, 11) is 0. The minimum absolute atomic E-state index is 0.0245. The SMILES string of the molecule is CCc1ccc(-c2ccc(CCl)c(=O)n2C(C)CC)cc1. The molecular formula is C18H22ClNO. The van der Waals surface area contributed by atoms with Gasteiger partial charge in [0, 0.05) is 11.6 Å². The molecule has 0 aliphatic carbocycles. The number of halogens is 1. The average molecular weight is 304 g/mol. The first-order valence-corrected chi connectivity index (χ1v) is 8.05. The summed E-state index contributed by atoms with van der Waals surface area (Å²) in [6, 6.07) is 12.4. The van der Waals surface area contributed by atoms with E-state index < -0.39 is 0 Å². The van der Waals surface area contributed by atoms with Crippen molar-refractivity contribution in [2.24, 2.45) is 0 Å². The van der Waals surface area contributed by atoms with Crippen LogP contribution in [-0.4, -0.2) is 4.57 Å². The van der Waals surface area contributed by atoms with Crippen LogP contribution in [0.25, 0.3) is 11.3 Å². The molecule has 1 aromatic heterocycles. The molecule has 0 N–H and O–H groups in total. The van der Waals surface area contributed by atoms with Gasteiger partial charge >= 0.3 is 0 Å². The molecule has 0 bridgehead atoms. The molecule has 21 heavy (non-hydrogen) atoms. The van der Waals surface area contributed by atoms with Gasteiger partial charge < -0.3 is 4.57 Å². The van der Waals surface area contributed by atoms with Crippen LogP contribution in [-0.2, 0) is 12.3 Å². The molecule has 2 aromatic rings. The molecule has 0 aliphatic rings. The van der Waals surface area contributed by atoms with Gasteiger partial charge in [0.2, 0.25) is 0 Å². The Morgan fingerprint density at radius 3 is 2.29 bits per heavy atom. The fourth-order valence-electron chi connectivity index (χ4n) is 2.46. The lowest BCUT2D eigenvalue weighted by Crippen LogP contribution is -2.27. The van der Waals surface area contributed by atoms with Gasteiger partial charge in [-0.2, -0.15) is 0 Å². The first-order valence-electron chi connectivity index (χ1n) is 7.52. The van der Waals surface area contributed by atoms with E-state index in [1.807, 2.05) is 16.7 Å². The summed E-state index contributed by atoms with van der Waals surface area (Å²) in [6.07, 6.45) is 1.93. The normalized spacial score (nSPS) is 12.4. The number of alkyl halides is 1. The third-order valence-electron chi connectivity index (χ3n) is 4.03. The molecule has 1 aromatic carbocycles. The summed E-state index contributed by atoms with van der Waals surface area (Å²) >= 11 is 5.88. The van der Waals surface area contributed by atoms with E-state index in [-0.39, 0.29) is 17.5 Å². The van der Waals surface area contributed by atoms with Gasteiger partial charge in [-0.3, -0.25) is 4.79 Å². The molecule has 0 saturated heterocycles. The number of hydrogen-bond acceptors (Lipinski definition) is 1. The summed E-state index contributed by atoms with van der Waals surface area (Å²) in [5.74, 6) is 0.254. The van der Waals surface area contributed by atoms with E-state index in [0.29, 0.717) is 5.56 Å². The van der Waals surface area contributed by atoms with E-state index in [9.17, 15) is 4.79 Å². The Morgan fingerprint density at radius 2 is 1.76 bits per heavy atom.